The Morgan fingerprint density at radius 3 is 2.81 bits per heavy atom. The molecule has 118 valence electrons. The minimum atomic E-state index is 0.427. The summed E-state index contributed by atoms with van der Waals surface area (Å²) in [6.07, 6.45) is 3.85. The van der Waals surface area contributed by atoms with Crippen LogP contribution in [-0.4, -0.2) is 44.3 Å². The van der Waals surface area contributed by atoms with E-state index in [1.807, 2.05) is 0 Å². The molecule has 0 saturated heterocycles. The van der Waals surface area contributed by atoms with E-state index in [2.05, 4.69) is 57.3 Å². The van der Waals surface area contributed by atoms with Gasteiger partial charge in [-0.2, -0.15) is 0 Å². The third-order valence-electron chi connectivity index (χ3n) is 4.05. The number of halogens is 1. The first-order chi connectivity index (χ1) is 10.2. The summed E-state index contributed by atoms with van der Waals surface area (Å²) in [6, 6.07) is 9.87. The Labute approximate surface area is 137 Å². The number of methoxy groups -OCH3 is 1. The summed E-state index contributed by atoms with van der Waals surface area (Å²) >= 11 is 3.57. The Balaban J connectivity index is 1.92. The summed E-state index contributed by atoms with van der Waals surface area (Å²) < 4.78 is 6.40. The maximum absolute atomic E-state index is 5.24. The van der Waals surface area contributed by atoms with E-state index in [1.165, 1.54) is 18.4 Å². The second-order valence-electron chi connectivity index (χ2n) is 5.71. The highest BCUT2D eigenvalue weighted by Gasteiger charge is 2.28. The molecular weight excluding hydrogens is 328 g/mol. The van der Waals surface area contributed by atoms with Crippen molar-refractivity contribution in [2.75, 3.05) is 33.4 Å². The largest absolute Gasteiger partial charge is 0.383 e. The number of hydrogen-bond donors (Lipinski definition) is 1. The van der Waals surface area contributed by atoms with Gasteiger partial charge in [-0.3, -0.25) is 4.90 Å². The topological polar surface area (TPSA) is 24.5 Å². The standard InChI is InChI=1S/C17H27BrN2O/c1-3-19-17(14-5-4-6-15(18)13-14)9-10-20(11-12-21-2)16-7-8-16/h4-6,13,16-17,19H,3,7-12H2,1-2H3. The lowest BCUT2D eigenvalue weighted by molar-refractivity contribution is 0.140. The molecule has 0 spiro atoms. The molecule has 1 atom stereocenters. The molecule has 21 heavy (non-hydrogen) atoms. The summed E-state index contributed by atoms with van der Waals surface area (Å²) in [5.74, 6) is 0. The van der Waals surface area contributed by atoms with E-state index in [0.717, 1.165) is 43.2 Å². The molecule has 3 nitrogen and oxygen atoms in total. The minimum absolute atomic E-state index is 0.427. The summed E-state index contributed by atoms with van der Waals surface area (Å²) in [5.41, 5.74) is 1.37. The van der Waals surface area contributed by atoms with E-state index in [0.29, 0.717) is 6.04 Å². The zero-order chi connectivity index (χ0) is 15.1. The van der Waals surface area contributed by atoms with Gasteiger partial charge in [-0.15, -0.1) is 0 Å². The maximum Gasteiger partial charge on any atom is 0.0589 e. The van der Waals surface area contributed by atoms with Gasteiger partial charge in [0.05, 0.1) is 6.61 Å². The van der Waals surface area contributed by atoms with E-state index >= 15 is 0 Å². The fourth-order valence-corrected chi connectivity index (χ4v) is 3.19. The van der Waals surface area contributed by atoms with Crippen LogP contribution in [0.25, 0.3) is 0 Å². The predicted molar refractivity (Wildman–Crippen MR) is 91.6 cm³/mol. The van der Waals surface area contributed by atoms with Crippen LogP contribution in [0.5, 0.6) is 0 Å². The quantitative estimate of drug-likeness (QED) is 0.694. The second-order valence-corrected chi connectivity index (χ2v) is 6.63. The van der Waals surface area contributed by atoms with Crippen molar-refractivity contribution in [1.29, 1.82) is 0 Å². The molecule has 0 aromatic heterocycles. The molecule has 0 amide bonds. The van der Waals surface area contributed by atoms with Gasteiger partial charge in [0.2, 0.25) is 0 Å². The normalized spacial score (nSPS) is 16.4. The molecule has 1 N–H and O–H groups in total. The Kier molecular flexibility index (Phi) is 7.17. The molecule has 4 heteroatoms. The first kappa shape index (κ1) is 16.9. The number of rotatable bonds is 10. The van der Waals surface area contributed by atoms with Gasteiger partial charge in [0.25, 0.3) is 0 Å². The van der Waals surface area contributed by atoms with Crippen molar-refractivity contribution in [2.24, 2.45) is 0 Å². The van der Waals surface area contributed by atoms with Gasteiger partial charge < -0.3 is 10.1 Å². The summed E-state index contributed by atoms with van der Waals surface area (Å²) in [7, 11) is 1.79. The number of hydrogen-bond acceptors (Lipinski definition) is 3. The van der Waals surface area contributed by atoms with Gasteiger partial charge in [0, 0.05) is 36.8 Å². The molecule has 0 bridgehead atoms. The highest BCUT2D eigenvalue weighted by molar-refractivity contribution is 9.10. The Morgan fingerprint density at radius 1 is 1.38 bits per heavy atom. The van der Waals surface area contributed by atoms with E-state index in [1.54, 1.807) is 7.11 Å². The summed E-state index contributed by atoms with van der Waals surface area (Å²) in [4.78, 5) is 2.59. The molecular formula is C17H27BrN2O. The molecule has 0 aliphatic heterocycles. The molecule has 1 aromatic carbocycles. The lowest BCUT2D eigenvalue weighted by atomic mass is 10.0. The zero-order valence-electron chi connectivity index (χ0n) is 13.1. The number of ether oxygens (including phenoxy) is 1. The van der Waals surface area contributed by atoms with Crippen molar-refractivity contribution >= 4 is 15.9 Å². The van der Waals surface area contributed by atoms with Gasteiger partial charge >= 0.3 is 0 Å². The van der Waals surface area contributed by atoms with Crippen LogP contribution >= 0.6 is 15.9 Å². The molecule has 0 radical (unpaired) electrons. The average Bonchev–Trinajstić information content (AvgIpc) is 3.31. The Hall–Kier alpha value is -0.420. The summed E-state index contributed by atoms with van der Waals surface area (Å²) in [5, 5.41) is 3.62. The van der Waals surface area contributed by atoms with E-state index in [9.17, 15) is 0 Å². The van der Waals surface area contributed by atoms with Crippen LogP contribution in [0.2, 0.25) is 0 Å². The molecule has 1 aliphatic carbocycles. The van der Waals surface area contributed by atoms with E-state index in [4.69, 9.17) is 4.74 Å². The van der Waals surface area contributed by atoms with Crippen molar-refractivity contribution in [3.8, 4) is 0 Å². The van der Waals surface area contributed by atoms with Crippen molar-refractivity contribution in [2.45, 2.75) is 38.3 Å². The maximum atomic E-state index is 5.24. The van der Waals surface area contributed by atoms with Crippen LogP contribution in [0.4, 0.5) is 0 Å². The monoisotopic (exact) mass is 354 g/mol. The lowest BCUT2D eigenvalue weighted by Gasteiger charge is -2.25. The first-order valence-corrected chi connectivity index (χ1v) is 8.75. The Bertz CT molecular complexity index is 423. The fourth-order valence-electron chi connectivity index (χ4n) is 2.78. The van der Waals surface area contributed by atoms with Crippen molar-refractivity contribution in [3.05, 3.63) is 34.3 Å². The van der Waals surface area contributed by atoms with Crippen LogP contribution in [0.15, 0.2) is 28.7 Å². The number of nitrogens with zero attached hydrogens (tertiary/aromatic N) is 1. The first-order valence-electron chi connectivity index (χ1n) is 7.96. The van der Waals surface area contributed by atoms with Crippen LogP contribution in [0.1, 0.15) is 37.8 Å². The van der Waals surface area contributed by atoms with Gasteiger partial charge in [-0.25, -0.2) is 0 Å². The van der Waals surface area contributed by atoms with Gasteiger partial charge in [0.1, 0.15) is 0 Å². The molecule has 2 rings (SSSR count). The van der Waals surface area contributed by atoms with Gasteiger partial charge in [-0.05, 0) is 43.5 Å². The smallest absolute Gasteiger partial charge is 0.0589 e. The molecule has 0 heterocycles. The summed E-state index contributed by atoms with van der Waals surface area (Å²) in [6.45, 7) is 6.20. The van der Waals surface area contributed by atoms with Crippen molar-refractivity contribution in [1.82, 2.24) is 10.2 Å². The van der Waals surface area contributed by atoms with Crippen LogP contribution in [0.3, 0.4) is 0 Å². The number of nitrogens with one attached hydrogen (secondary N) is 1. The van der Waals surface area contributed by atoms with Gasteiger partial charge in [0.15, 0.2) is 0 Å². The van der Waals surface area contributed by atoms with Crippen LogP contribution in [-0.2, 0) is 4.74 Å². The third-order valence-corrected chi connectivity index (χ3v) is 4.55. The van der Waals surface area contributed by atoms with E-state index < -0.39 is 0 Å². The number of benzene rings is 1. The molecule has 1 unspecified atom stereocenters. The Morgan fingerprint density at radius 2 is 2.19 bits per heavy atom. The minimum Gasteiger partial charge on any atom is -0.383 e. The third kappa shape index (κ3) is 5.70. The van der Waals surface area contributed by atoms with Crippen LogP contribution < -0.4 is 5.32 Å². The second kappa shape index (κ2) is 8.89. The fraction of sp³-hybridized carbons (Fsp3) is 0.647. The molecule has 1 saturated carbocycles. The highest BCUT2D eigenvalue weighted by atomic mass is 79.9. The molecule has 1 aliphatic rings. The zero-order valence-corrected chi connectivity index (χ0v) is 14.7. The van der Waals surface area contributed by atoms with Crippen molar-refractivity contribution < 1.29 is 4.74 Å². The highest BCUT2D eigenvalue weighted by Crippen LogP contribution is 2.28. The average molecular weight is 355 g/mol. The predicted octanol–water partition coefficient (Wildman–Crippen LogP) is 3.60. The van der Waals surface area contributed by atoms with E-state index in [-0.39, 0.29) is 0 Å². The molecule has 1 fully saturated rings. The SMILES string of the molecule is CCNC(CCN(CCOC)C1CC1)c1cccc(Br)c1. The van der Waals surface area contributed by atoms with Crippen molar-refractivity contribution in [3.63, 3.8) is 0 Å². The van der Waals surface area contributed by atoms with Gasteiger partial charge in [-0.1, -0.05) is 35.0 Å². The lowest BCUT2D eigenvalue weighted by Crippen LogP contribution is -2.33. The van der Waals surface area contributed by atoms with Crippen LogP contribution in [0, 0.1) is 0 Å². The molecule has 1 aromatic rings.